The standard InChI is InChI=1S/C11H17ClN2/c1-3-8(2)11(14-13)9-4-6-10(12)7-5-9/h4-8,11,14H,3,13H2,1-2H3. The molecule has 0 aliphatic heterocycles. The molecule has 1 rings (SSSR count). The van der Waals surface area contributed by atoms with Gasteiger partial charge in [0.25, 0.3) is 0 Å². The maximum Gasteiger partial charge on any atom is 0.0485 e. The van der Waals surface area contributed by atoms with Gasteiger partial charge in [0.2, 0.25) is 0 Å². The van der Waals surface area contributed by atoms with Gasteiger partial charge in [-0.15, -0.1) is 0 Å². The highest BCUT2D eigenvalue weighted by atomic mass is 35.5. The Bertz CT molecular complexity index is 271. The number of hydrazine groups is 1. The molecule has 0 saturated heterocycles. The van der Waals surface area contributed by atoms with Crippen LogP contribution in [0.15, 0.2) is 24.3 Å². The molecule has 1 aromatic carbocycles. The Balaban J connectivity index is 2.84. The molecule has 78 valence electrons. The maximum absolute atomic E-state index is 5.82. The second-order valence-corrected chi connectivity index (χ2v) is 4.02. The summed E-state index contributed by atoms with van der Waals surface area (Å²) in [5.41, 5.74) is 4.03. The lowest BCUT2D eigenvalue weighted by atomic mass is 9.93. The number of nitrogens with two attached hydrogens (primary N) is 1. The van der Waals surface area contributed by atoms with Crippen molar-refractivity contribution in [3.05, 3.63) is 34.9 Å². The first kappa shape index (κ1) is 11.5. The molecule has 0 aromatic heterocycles. The summed E-state index contributed by atoms with van der Waals surface area (Å²) in [6.07, 6.45) is 1.09. The van der Waals surface area contributed by atoms with Gasteiger partial charge in [0, 0.05) is 11.1 Å². The average Bonchev–Trinajstić information content (AvgIpc) is 2.21. The largest absolute Gasteiger partial charge is 0.271 e. The van der Waals surface area contributed by atoms with Crippen molar-refractivity contribution < 1.29 is 0 Å². The second kappa shape index (κ2) is 5.35. The summed E-state index contributed by atoms with van der Waals surface area (Å²) in [5.74, 6) is 6.05. The molecule has 3 N–H and O–H groups in total. The lowest BCUT2D eigenvalue weighted by Crippen LogP contribution is -2.32. The molecule has 0 fully saturated rings. The Morgan fingerprint density at radius 2 is 1.93 bits per heavy atom. The molecular weight excluding hydrogens is 196 g/mol. The molecule has 0 aliphatic rings. The van der Waals surface area contributed by atoms with E-state index >= 15 is 0 Å². The van der Waals surface area contributed by atoms with Crippen LogP contribution in [-0.2, 0) is 0 Å². The van der Waals surface area contributed by atoms with E-state index in [1.807, 2.05) is 24.3 Å². The Morgan fingerprint density at radius 3 is 2.36 bits per heavy atom. The second-order valence-electron chi connectivity index (χ2n) is 3.58. The topological polar surface area (TPSA) is 38.0 Å². The third-order valence-electron chi connectivity index (χ3n) is 2.62. The third kappa shape index (κ3) is 2.71. The Hall–Kier alpha value is -0.570. The first-order valence-corrected chi connectivity index (χ1v) is 5.28. The molecule has 2 unspecified atom stereocenters. The average molecular weight is 213 g/mol. The van der Waals surface area contributed by atoms with Crippen LogP contribution in [0.1, 0.15) is 31.9 Å². The summed E-state index contributed by atoms with van der Waals surface area (Å²) < 4.78 is 0. The molecular formula is C11H17ClN2. The van der Waals surface area contributed by atoms with E-state index in [0.717, 1.165) is 11.4 Å². The Morgan fingerprint density at radius 1 is 1.36 bits per heavy atom. The molecule has 0 bridgehead atoms. The molecule has 3 heteroatoms. The van der Waals surface area contributed by atoms with Gasteiger partial charge in [-0.1, -0.05) is 44.0 Å². The number of rotatable bonds is 4. The summed E-state index contributed by atoms with van der Waals surface area (Å²) in [4.78, 5) is 0. The lowest BCUT2D eigenvalue weighted by molar-refractivity contribution is 0.383. The van der Waals surface area contributed by atoms with Crippen LogP contribution in [0.4, 0.5) is 0 Å². The molecule has 0 heterocycles. The minimum atomic E-state index is 0.206. The zero-order valence-electron chi connectivity index (χ0n) is 8.63. The van der Waals surface area contributed by atoms with Crippen LogP contribution in [0, 0.1) is 5.92 Å². The van der Waals surface area contributed by atoms with Gasteiger partial charge < -0.3 is 0 Å². The van der Waals surface area contributed by atoms with Crippen molar-refractivity contribution in [3.63, 3.8) is 0 Å². The van der Waals surface area contributed by atoms with Crippen LogP contribution in [0.25, 0.3) is 0 Å². The predicted octanol–water partition coefficient (Wildman–Crippen LogP) is 2.89. The van der Waals surface area contributed by atoms with Gasteiger partial charge in [0.15, 0.2) is 0 Å². The highest BCUT2D eigenvalue weighted by molar-refractivity contribution is 6.30. The van der Waals surface area contributed by atoms with Crippen LogP contribution in [0.5, 0.6) is 0 Å². The molecule has 1 aromatic rings. The summed E-state index contributed by atoms with van der Waals surface area (Å²) in [7, 11) is 0. The molecule has 14 heavy (non-hydrogen) atoms. The van der Waals surface area contributed by atoms with Crippen molar-refractivity contribution in [2.75, 3.05) is 0 Å². The van der Waals surface area contributed by atoms with Crippen molar-refractivity contribution in [1.82, 2.24) is 5.43 Å². The number of nitrogens with one attached hydrogen (secondary N) is 1. The lowest BCUT2D eigenvalue weighted by Gasteiger charge is -2.22. The Kier molecular flexibility index (Phi) is 4.39. The molecule has 0 amide bonds. The first-order chi connectivity index (χ1) is 6.69. The maximum atomic E-state index is 5.82. The molecule has 2 atom stereocenters. The minimum Gasteiger partial charge on any atom is -0.271 e. The Labute approximate surface area is 90.4 Å². The van der Waals surface area contributed by atoms with Gasteiger partial charge in [-0.25, -0.2) is 0 Å². The van der Waals surface area contributed by atoms with E-state index in [2.05, 4.69) is 19.3 Å². The summed E-state index contributed by atoms with van der Waals surface area (Å²) >= 11 is 5.82. The van der Waals surface area contributed by atoms with Crippen molar-refractivity contribution in [2.45, 2.75) is 26.3 Å². The number of hydrogen-bond donors (Lipinski definition) is 2. The zero-order valence-corrected chi connectivity index (χ0v) is 9.38. The van der Waals surface area contributed by atoms with Crippen molar-refractivity contribution in [1.29, 1.82) is 0 Å². The number of benzene rings is 1. The zero-order chi connectivity index (χ0) is 10.6. The summed E-state index contributed by atoms with van der Waals surface area (Å²) in [5, 5.41) is 0.758. The van der Waals surface area contributed by atoms with E-state index in [4.69, 9.17) is 17.4 Å². The number of halogens is 1. The monoisotopic (exact) mass is 212 g/mol. The van der Waals surface area contributed by atoms with E-state index in [0.29, 0.717) is 5.92 Å². The third-order valence-corrected chi connectivity index (χ3v) is 2.87. The van der Waals surface area contributed by atoms with Crippen LogP contribution in [-0.4, -0.2) is 0 Å². The normalized spacial score (nSPS) is 15.1. The van der Waals surface area contributed by atoms with Crippen molar-refractivity contribution in [3.8, 4) is 0 Å². The highest BCUT2D eigenvalue weighted by Gasteiger charge is 2.15. The van der Waals surface area contributed by atoms with Crippen LogP contribution in [0.2, 0.25) is 5.02 Å². The van der Waals surface area contributed by atoms with Crippen LogP contribution in [0.3, 0.4) is 0 Å². The smallest absolute Gasteiger partial charge is 0.0485 e. The van der Waals surface area contributed by atoms with Crippen molar-refractivity contribution >= 4 is 11.6 Å². The van der Waals surface area contributed by atoms with E-state index in [1.54, 1.807) is 0 Å². The van der Waals surface area contributed by atoms with E-state index in [1.165, 1.54) is 5.56 Å². The minimum absolute atomic E-state index is 0.206. The van der Waals surface area contributed by atoms with Crippen molar-refractivity contribution in [2.24, 2.45) is 11.8 Å². The van der Waals surface area contributed by atoms with Gasteiger partial charge in [0.1, 0.15) is 0 Å². The highest BCUT2D eigenvalue weighted by Crippen LogP contribution is 2.24. The summed E-state index contributed by atoms with van der Waals surface area (Å²) in [6.45, 7) is 4.34. The van der Waals surface area contributed by atoms with Gasteiger partial charge >= 0.3 is 0 Å². The SMILES string of the molecule is CCC(C)C(NN)c1ccc(Cl)cc1. The molecule has 0 radical (unpaired) electrons. The fraction of sp³-hybridized carbons (Fsp3) is 0.455. The predicted molar refractivity (Wildman–Crippen MR) is 61.0 cm³/mol. The fourth-order valence-corrected chi connectivity index (χ4v) is 1.62. The first-order valence-electron chi connectivity index (χ1n) is 4.90. The fourth-order valence-electron chi connectivity index (χ4n) is 1.49. The van der Waals surface area contributed by atoms with E-state index in [-0.39, 0.29) is 6.04 Å². The van der Waals surface area contributed by atoms with Crippen LogP contribution < -0.4 is 11.3 Å². The molecule has 2 nitrogen and oxygen atoms in total. The van der Waals surface area contributed by atoms with Gasteiger partial charge in [0.05, 0.1) is 0 Å². The van der Waals surface area contributed by atoms with E-state index in [9.17, 15) is 0 Å². The van der Waals surface area contributed by atoms with E-state index < -0.39 is 0 Å². The quantitative estimate of drug-likeness (QED) is 0.595. The molecule has 0 spiro atoms. The molecule has 0 aliphatic carbocycles. The van der Waals surface area contributed by atoms with Gasteiger partial charge in [-0.2, -0.15) is 0 Å². The summed E-state index contributed by atoms with van der Waals surface area (Å²) in [6, 6.07) is 8.02. The van der Waals surface area contributed by atoms with Crippen LogP contribution >= 0.6 is 11.6 Å². The van der Waals surface area contributed by atoms with Gasteiger partial charge in [-0.05, 0) is 23.6 Å². The molecule has 0 saturated carbocycles. The van der Waals surface area contributed by atoms with Gasteiger partial charge in [-0.3, -0.25) is 11.3 Å². The number of hydrogen-bond acceptors (Lipinski definition) is 2.